The van der Waals surface area contributed by atoms with E-state index >= 15 is 0 Å². The van der Waals surface area contributed by atoms with Crippen molar-refractivity contribution in [2.75, 3.05) is 0 Å². The molecule has 0 aromatic heterocycles. The molecular formula is C7H11N3O4S. The van der Waals surface area contributed by atoms with Crippen LogP contribution in [-0.2, 0) is 10.4 Å². The van der Waals surface area contributed by atoms with Crippen LogP contribution in [0.5, 0.6) is 5.75 Å². The van der Waals surface area contributed by atoms with E-state index in [4.69, 9.17) is 9.96 Å². The number of hydrogen-bond donors (Lipinski definition) is 4. The van der Waals surface area contributed by atoms with Crippen molar-refractivity contribution in [2.24, 2.45) is 11.5 Å². The van der Waals surface area contributed by atoms with Crippen LogP contribution in [0.2, 0.25) is 0 Å². The first-order valence-corrected chi connectivity index (χ1v) is 4.99. The minimum absolute atomic E-state index is 0.0926. The Morgan fingerprint density at radius 3 is 2.00 bits per heavy atom. The minimum atomic E-state index is -4.38. The molecule has 0 atom stereocenters. The van der Waals surface area contributed by atoms with E-state index < -0.39 is 10.4 Å². The molecule has 7 nitrogen and oxygen atoms in total. The molecule has 1 aromatic rings. The smallest absolute Gasteiger partial charge is 0.370 e. The van der Waals surface area contributed by atoms with E-state index in [0.29, 0.717) is 0 Å². The largest absolute Gasteiger partial charge is 0.446 e. The third kappa shape index (κ3) is 10.1. The van der Waals surface area contributed by atoms with Gasteiger partial charge in [-0.3, -0.25) is 9.96 Å². The van der Waals surface area contributed by atoms with Gasteiger partial charge >= 0.3 is 10.4 Å². The summed E-state index contributed by atoms with van der Waals surface area (Å²) >= 11 is 0. The summed E-state index contributed by atoms with van der Waals surface area (Å²) < 4.78 is 32.6. The SMILES string of the molecule is N=C(N)N.O=S(=O)(O)Oc1ccccc1. The Labute approximate surface area is 87.1 Å². The predicted octanol–water partition coefficient (Wildman–Crippen LogP) is -0.293. The Hall–Kier alpha value is -1.80. The molecule has 0 bridgehead atoms. The fourth-order valence-electron chi connectivity index (χ4n) is 0.598. The second-order valence-corrected chi connectivity index (χ2v) is 3.30. The minimum Gasteiger partial charge on any atom is -0.370 e. The molecule has 1 aromatic carbocycles. The van der Waals surface area contributed by atoms with Crippen LogP contribution in [0.15, 0.2) is 30.3 Å². The van der Waals surface area contributed by atoms with Gasteiger partial charge in [0.05, 0.1) is 0 Å². The molecule has 1 rings (SSSR count). The molecule has 6 N–H and O–H groups in total. The van der Waals surface area contributed by atoms with E-state index in [-0.39, 0.29) is 11.7 Å². The molecule has 0 unspecified atom stereocenters. The highest BCUT2D eigenvalue weighted by Crippen LogP contribution is 2.09. The van der Waals surface area contributed by atoms with Crippen molar-refractivity contribution < 1.29 is 17.2 Å². The molecule has 0 heterocycles. The van der Waals surface area contributed by atoms with Gasteiger partial charge in [-0.2, -0.15) is 8.42 Å². The summed E-state index contributed by atoms with van der Waals surface area (Å²) in [5.41, 5.74) is 8.94. The maximum atomic E-state index is 10.1. The summed E-state index contributed by atoms with van der Waals surface area (Å²) in [5, 5.41) is 6.06. The number of para-hydroxylation sites is 1. The van der Waals surface area contributed by atoms with Crippen molar-refractivity contribution in [3.05, 3.63) is 30.3 Å². The Balaban J connectivity index is 0.000000423. The molecule has 0 aliphatic heterocycles. The first kappa shape index (κ1) is 13.2. The maximum absolute atomic E-state index is 10.1. The Morgan fingerprint density at radius 1 is 1.27 bits per heavy atom. The van der Waals surface area contributed by atoms with Gasteiger partial charge < -0.3 is 15.7 Å². The number of nitrogens with one attached hydrogen (secondary N) is 1. The molecule has 0 saturated heterocycles. The number of rotatable bonds is 2. The standard InChI is InChI=1S/C6H6O4S.CH5N3/c7-11(8,9)10-6-4-2-1-3-5-6;2-1(3)4/h1-5H,(H,7,8,9);(H5,2,3,4). The lowest BCUT2D eigenvalue weighted by atomic mass is 10.3. The topological polar surface area (TPSA) is 139 Å². The normalized spacial score (nSPS) is 9.67. The van der Waals surface area contributed by atoms with Gasteiger partial charge in [0.1, 0.15) is 5.75 Å². The lowest BCUT2D eigenvalue weighted by molar-refractivity contribution is 0.387. The molecule has 84 valence electrons. The second-order valence-electron chi connectivity index (χ2n) is 2.28. The first-order chi connectivity index (χ1) is 6.81. The molecule has 0 spiro atoms. The number of nitrogens with two attached hydrogens (primary N) is 2. The van der Waals surface area contributed by atoms with Crippen molar-refractivity contribution in [1.82, 2.24) is 0 Å². The van der Waals surface area contributed by atoms with E-state index in [9.17, 15) is 8.42 Å². The van der Waals surface area contributed by atoms with E-state index in [1.54, 1.807) is 18.2 Å². The molecule has 0 aliphatic rings. The molecule has 0 radical (unpaired) electrons. The van der Waals surface area contributed by atoms with Crippen molar-refractivity contribution >= 4 is 16.4 Å². The van der Waals surface area contributed by atoms with E-state index in [1.165, 1.54) is 12.1 Å². The van der Waals surface area contributed by atoms with Crippen LogP contribution in [0.3, 0.4) is 0 Å². The quantitative estimate of drug-likeness (QED) is 0.314. The fraction of sp³-hybridized carbons (Fsp3) is 0. The zero-order valence-electron chi connectivity index (χ0n) is 7.62. The van der Waals surface area contributed by atoms with Gasteiger partial charge in [-0.05, 0) is 12.1 Å². The maximum Gasteiger partial charge on any atom is 0.446 e. The molecule has 15 heavy (non-hydrogen) atoms. The number of guanidine groups is 1. The summed E-state index contributed by atoms with van der Waals surface area (Å²) in [4.78, 5) is 0. The van der Waals surface area contributed by atoms with Crippen molar-refractivity contribution in [1.29, 1.82) is 5.41 Å². The van der Waals surface area contributed by atoms with Crippen LogP contribution in [-0.4, -0.2) is 18.9 Å². The predicted molar refractivity (Wildman–Crippen MR) is 54.7 cm³/mol. The van der Waals surface area contributed by atoms with Crippen LogP contribution in [0.1, 0.15) is 0 Å². The van der Waals surface area contributed by atoms with Crippen molar-refractivity contribution in [3.8, 4) is 5.75 Å². The summed E-state index contributed by atoms with van der Waals surface area (Å²) in [7, 11) is -4.38. The highest BCUT2D eigenvalue weighted by Gasteiger charge is 2.04. The van der Waals surface area contributed by atoms with Gasteiger partial charge in [-0.25, -0.2) is 0 Å². The summed E-state index contributed by atoms with van der Waals surface area (Å²) in [5.74, 6) is -0.241. The van der Waals surface area contributed by atoms with Gasteiger partial charge in [-0.1, -0.05) is 18.2 Å². The molecule has 8 heteroatoms. The van der Waals surface area contributed by atoms with Crippen LogP contribution in [0, 0.1) is 5.41 Å². The summed E-state index contributed by atoms with van der Waals surface area (Å²) in [6, 6.07) is 7.75. The number of benzene rings is 1. The average Bonchev–Trinajstić information content (AvgIpc) is 2.01. The molecule has 0 aliphatic carbocycles. The van der Waals surface area contributed by atoms with E-state index in [2.05, 4.69) is 15.7 Å². The van der Waals surface area contributed by atoms with E-state index in [0.717, 1.165) is 0 Å². The Morgan fingerprint density at radius 2 is 1.67 bits per heavy atom. The fourth-order valence-corrected chi connectivity index (χ4v) is 0.952. The van der Waals surface area contributed by atoms with Crippen LogP contribution < -0.4 is 15.7 Å². The summed E-state index contributed by atoms with van der Waals surface area (Å²) in [6.45, 7) is 0. The highest BCUT2D eigenvalue weighted by atomic mass is 32.3. The van der Waals surface area contributed by atoms with Crippen LogP contribution in [0.4, 0.5) is 0 Å². The van der Waals surface area contributed by atoms with Crippen molar-refractivity contribution in [3.63, 3.8) is 0 Å². The number of hydrogen-bond acceptors (Lipinski definition) is 4. The Bertz CT molecular complexity index is 400. The monoisotopic (exact) mass is 233 g/mol. The zero-order chi connectivity index (χ0) is 11.9. The van der Waals surface area contributed by atoms with Gasteiger partial charge in [0.25, 0.3) is 0 Å². The van der Waals surface area contributed by atoms with Crippen molar-refractivity contribution in [2.45, 2.75) is 0 Å². The third-order valence-electron chi connectivity index (χ3n) is 0.945. The highest BCUT2D eigenvalue weighted by molar-refractivity contribution is 7.81. The first-order valence-electron chi connectivity index (χ1n) is 3.62. The third-order valence-corrected chi connectivity index (χ3v) is 1.35. The van der Waals surface area contributed by atoms with E-state index in [1.807, 2.05) is 0 Å². The lowest BCUT2D eigenvalue weighted by Crippen LogP contribution is -2.20. The Kier molecular flexibility index (Phi) is 5.13. The van der Waals surface area contributed by atoms with Gasteiger partial charge in [0.2, 0.25) is 0 Å². The molecule has 0 amide bonds. The molecular weight excluding hydrogens is 222 g/mol. The van der Waals surface area contributed by atoms with Gasteiger partial charge in [0.15, 0.2) is 5.96 Å². The second kappa shape index (κ2) is 5.83. The molecule has 0 saturated carbocycles. The van der Waals surface area contributed by atoms with Crippen LogP contribution in [0.25, 0.3) is 0 Å². The molecule has 0 fully saturated rings. The van der Waals surface area contributed by atoms with Gasteiger partial charge in [-0.15, -0.1) is 0 Å². The summed E-state index contributed by atoms with van der Waals surface area (Å²) in [6.07, 6.45) is 0. The zero-order valence-corrected chi connectivity index (χ0v) is 8.44. The lowest BCUT2D eigenvalue weighted by Gasteiger charge is -1.98. The van der Waals surface area contributed by atoms with Gasteiger partial charge in [0, 0.05) is 0 Å². The van der Waals surface area contributed by atoms with Crippen LogP contribution >= 0.6 is 0 Å². The average molecular weight is 233 g/mol.